The van der Waals surface area contributed by atoms with Crippen molar-refractivity contribution in [2.75, 3.05) is 32.8 Å². The molecule has 1 saturated heterocycles. The molecule has 1 fully saturated rings. The quantitative estimate of drug-likeness (QED) is 0.905. The van der Waals surface area contributed by atoms with E-state index < -0.39 is 0 Å². The molecule has 1 aliphatic heterocycles. The van der Waals surface area contributed by atoms with Gasteiger partial charge in [0.25, 0.3) is 5.91 Å². The van der Waals surface area contributed by atoms with E-state index in [9.17, 15) is 4.79 Å². The summed E-state index contributed by atoms with van der Waals surface area (Å²) >= 11 is 0. The van der Waals surface area contributed by atoms with Gasteiger partial charge < -0.3 is 15.0 Å². The van der Waals surface area contributed by atoms with Gasteiger partial charge in [-0.15, -0.1) is 0 Å². The summed E-state index contributed by atoms with van der Waals surface area (Å²) in [5, 5.41) is 3.21. The van der Waals surface area contributed by atoms with Crippen molar-refractivity contribution in [3.05, 3.63) is 29.8 Å². The Morgan fingerprint density at radius 2 is 1.79 bits per heavy atom. The van der Waals surface area contributed by atoms with Crippen molar-refractivity contribution in [3.8, 4) is 5.75 Å². The Balaban J connectivity index is 0.000000861. The second-order valence-electron chi connectivity index (χ2n) is 4.23. The third kappa shape index (κ3) is 5.30. The highest BCUT2D eigenvalue weighted by Crippen LogP contribution is 2.11. The summed E-state index contributed by atoms with van der Waals surface area (Å²) in [6, 6.07) is 7.73. The van der Waals surface area contributed by atoms with Gasteiger partial charge in [0.1, 0.15) is 5.75 Å². The van der Waals surface area contributed by atoms with E-state index in [1.807, 2.05) is 49.9 Å². The molecular formula is C15H24N2O2. The molecule has 1 aliphatic rings. The van der Waals surface area contributed by atoms with Crippen LogP contribution in [0.1, 0.15) is 19.4 Å². The third-order valence-corrected chi connectivity index (χ3v) is 2.85. The first-order valence-electron chi connectivity index (χ1n) is 6.94. The summed E-state index contributed by atoms with van der Waals surface area (Å²) in [5.74, 6) is 0.811. The van der Waals surface area contributed by atoms with Crippen LogP contribution in [0.2, 0.25) is 0 Å². The van der Waals surface area contributed by atoms with Gasteiger partial charge in [0.05, 0.1) is 0 Å². The molecule has 1 amide bonds. The van der Waals surface area contributed by atoms with Crippen LogP contribution in [-0.2, 0) is 4.79 Å². The number of nitrogens with one attached hydrogen (secondary N) is 1. The van der Waals surface area contributed by atoms with Gasteiger partial charge in [0.15, 0.2) is 6.61 Å². The van der Waals surface area contributed by atoms with Crippen molar-refractivity contribution in [2.45, 2.75) is 20.8 Å². The third-order valence-electron chi connectivity index (χ3n) is 2.85. The molecule has 19 heavy (non-hydrogen) atoms. The summed E-state index contributed by atoms with van der Waals surface area (Å²) in [6.45, 7) is 9.44. The van der Waals surface area contributed by atoms with E-state index in [2.05, 4.69) is 5.32 Å². The largest absolute Gasteiger partial charge is 0.484 e. The molecule has 4 nitrogen and oxygen atoms in total. The first-order chi connectivity index (χ1) is 9.25. The van der Waals surface area contributed by atoms with Crippen LogP contribution >= 0.6 is 0 Å². The first-order valence-corrected chi connectivity index (χ1v) is 6.94. The Morgan fingerprint density at radius 3 is 2.37 bits per heavy atom. The number of hydrogen-bond acceptors (Lipinski definition) is 3. The van der Waals surface area contributed by atoms with Crippen molar-refractivity contribution in [2.24, 2.45) is 0 Å². The van der Waals surface area contributed by atoms with Gasteiger partial charge in [-0.05, 0) is 19.1 Å². The van der Waals surface area contributed by atoms with Crippen LogP contribution in [0, 0.1) is 6.92 Å². The second kappa shape index (κ2) is 8.53. The summed E-state index contributed by atoms with van der Waals surface area (Å²) in [5.41, 5.74) is 1.19. The number of carbonyl (C=O) groups is 1. The molecule has 0 aromatic heterocycles. The normalized spacial score (nSPS) is 14.4. The fourth-order valence-corrected chi connectivity index (χ4v) is 1.79. The van der Waals surface area contributed by atoms with E-state index >= 15 is 0 Å². The van der Waals surface area contributed by atoms with Crippen LogP contribution in [0.15, 0.2) is 24.3 Å². The second-order valence-corrected chi connectivity index (χ2v) is 4.23. The molecule has 1 heterocycles. The lowest BCUT2D eigenvalue weighted by molar-refractivity contribution is -0.133. The van der Waals surface area contributed by atoms with Gasteiger partial charge in [0.2, 0.25) is 0 Å². The standard InChI is InChI=1S/C13H18N2O2.C2H6/c1-11-2-4-12(5-3-11)17-10-13(16)15-8-6-14-7-9-15;1-2/h2-5,14H,6-10H2,1H3;1-2H3. The van der Waals surface area contributed by atoms with Gasteiger partial charge in [-0.3, -0.25) is 4.79 Å². The molecular weight excluding hydrogens is 240 g/mol. The van der Waals surface area contributed by atoms with E-state index in [1.54, 1.807) is 0 Å². The van der Waals surface area contributed by atoms with Gasteiger partial charge in [0, 0.05) is 26.2 Å². The molecule has 4 heteroatoms. The number of benzene rings is 1. The van der Waals surface area contributed by atoms with Crippen molar-refractivity contribution in [3.63, 3.8) is 0 Å². The van der Waals surface area contributed by atoms with Gasteiger partial charge in [-0.2, -0.15) is 0 Å². The fraction of sp³-hybridized carbons (Fsp3) is 0.533. The molecule has 0 radical (unpaired) electrons. The van der Waals surface area contributed by atoms with E-state index in [0.29, 0.717) is 0 Å². The molecule has 1 aromatic carbocycles. The van der Waals surface area contributed by atoms with Crippen molar-refractivity contribution < 1.29 is 9.53 Å². The molecule has 1 N–H and O–H groups in total. The lowest BCUT2D eigenvalue weighted by atomic mass is 10.2. The monoisotopic (exact) mass is 264 g/mol. The molecule has 0 aliphatic carbocycles. The van der Waals surface area contributed by atoms with Gasteiger partial charge in [-0.1, -0.05) is 31.5 Å². The average molecular weight is 264 g/mol. The Bertz CT molecular complexity index is 370. The Morgan fingerprint density at radius 1 is 1.21 bits per heavy atom. The topological polar surface area (TPSA) is 41.6 Å². The summed E-state index contributed by atoms with van der Waals surface area (Å²) in [4.78, 5) is 13.6. The average Bonchev–Trinajstić information content (AvgIpc) is 2.49. The maximum atomic E-state index is 11.8. The van der Waals surface area contributed by atoms with Crippen LogP contribution in [0.3, 0.4) is 0 Å². The zero-order valence-electron chi connectivity index (χ0n) is 12.1. The minimum Gasteiger partial charge on any atom is -0.484 e. The van der Waals surface area contributed by atoms with Crippen LogP contribution < -0.4 is 10.1 Å². The van der Waals surface area contributed by atoms with Crippen molar-refractivity contribution in [1.82, 2.24) is 10.2 Å². The number of rotatable bonds is 3. The van der Waals surface area contributed by atoms with E-state index in [0.717, 1.165) is 31.9 Å². The van der Waals surface area contributed by atoms with E-state index in [1.165, 1.54) is 5.56 Å². The number of piperazine rings is 1. The van der Waals surface area contributed by atoms with Gasteiger partial charge >= 0.3 is 0 Å². The van der Waals surface area contributed by atoms with Crippen LogP contribution in [0.4, 0.5) is 0 Å². The fourth-order valence-electron chi connectivity index (χ4n) is 1.79. The maximum absolute atomic E-state index is 11.8. The Labute approximate surface area is 115 Å². The zero-order chi connectivity index (χ0) is 14.1. The minimum atomic E-state index is 0.0621. The number of ether oxygens (including phenoxy) is 1. The molecule has 2 rings (SSSR count). The summed E-state index contributed by atoms with van der Waals surface area (Å²) in [7, 11) is 0. The maximum Gasteiger partial charge on any atom is 0.260 e. The van der Waals surface area contributed by atoms with Crippen molar-refractivity contribution in [1.29, 1.82) is 0 Å². The Kier molecular flexibility index (Phi) is 6.97. The predicted octanol–water partition coefficient (Wildman–Crippen LogP) is 1.83. The summed E-state index contributed by atoms with van der Waals surface area (Å²) in [6.07, 6.45) is 0. The molecule has 1 aromatic rings. The highest BCUT2D eigenvalue weighted by Gasteiger charge is 2.16. The lowest BCUT2D eigenvalue weighted by Gasteiger charge is -2.27. The molecule has 0 atom stereocenters. The zero-order valence-corrected chi connectivity index (χ0v) is 12.1. The molecule has 0 unspecified atom stereocenters. The lowest BCUT2D eigenvalue weighted by Crippen LogP contribution is -2.47. The van der Waals surface area contributed by atoms with Crippen molar-refractivity contribution >= 4 is 5.91 Å². The molecule has 0 saturated carbocycles. The number of nitrogens with zero attached hydrogens (tertiary/aromatic N) is 1. The van der Waals surface area contributed by atoms with Crippen LogP contribution in [0.5, 0.6) is 5.75 Å². The highest BCUT2D eigenvalue weighted by molar-refractivity contribution is 5.77. The number of carbonyl (C=O) groups excluding carboxylic acids is 1. The van der Waals surface area contributed by atoms with E-state index in [-0.39, 0.29) is 12.5 Å². The molecule has 106 valence electrons. The van der Waals surface area contributed by atoms with Gasteiger partial charge in [-0.25, -0.2) is 0 Å². The molecule has 0 spiro atoms. The number of aryl methyl sites for hydroxylation is 1. The SMILES string of the molecule is CC.Cc1ccc(OCC(=O)N2CCNCC2)cc1. The number of amides is 1. The first kappa shape index (κ1) is 15.5. The minimum absolute atomic E-state index is 0.0621. The number of hydrogen-bond donors (Lipinski definition) is 1. The van der Waals surface area contributed by atoms with Crippen LogP contribution in [0.25, 0.3) is 0 Å². The predicted molar refractivity (Wildman–Crippen MR) is 77.5 cm³/mol. The smallest absolute Gasteiger partial charge is 0.260 e. The van der Waals surface area contributed by atoms with Crippen LogP contribution in [-0.4, -0.2) is 43.6 Å². The highest BCUT2D eigenvalue weighted by atomic mass is 16.5. The summed E-state index contributed by atoms with van der Waals surface area (Å²) < 4.78 is 5.46. The Hall–Kier alpha value is -1.55. The molecule has 0 bridgehead atoms. The van der Waals surface area contributed by atoms with E-state index in [4.69, 9.17) is 4.74 Å².